The predicted molar refractivity (Wildman–Crippen MR) is 70.2 cm³/mol. The highest BCUT2D eigenvalue weighted by Gasteiger charge is 2.12. The molecule has 0 unspecified atom stereocenters. The number of hydrogen-bond donors (Lipinski definition) is 0. The van der Waals surface area contributed by atoms with Gasteiger partial charge in [-0.1, -0.05) is 12.1 Å². The summed E-state index contributed by atoms with van der Waals surface area (Å²) in [6, 6.07) is 9.63. The third-order valence-corrected chi connectivity index (χ3v) is 3.17. The Morgan fingerprint density at radius 3 is 2.72 bits per heavy atom. The van der Waals surface area contributed by atoms with Crippen LogP contribution in [0.15, 0.2) is 30.3 Å². The number of ether oxygens (including phenoxy) is 1. The summed E-state index contributed by atoms with van der Waals surface area (Å²) in [4.78, 5) is 17.6. The number of benzene rings is 1. The molecule has 1 aromatic carbocycles. The molecular formula is C14H14N2O2. The molecule has 1 fully saturated rings. The van der Waals surface area contributed by atoms with Gasteiger partial charge in [0.1, 0.15) is 12.1 Å². The van der Waals surface area contributed by atoms with E-state index in [-0.39, 0.29) is 0 Å². The van der Waals surface area contributed by atoms with Crippen LogP contribution >= 0.6 is 0 Å². The van der Waals surface area contributed by atoms with Crippen LogP contribution in [0.2, 0.25) is 0 Å². The molecule has 0 N–H and O–H groups in total. The van der Waals surface area contributed by atoms with E-state index in [1.807, 2.05) is 30.3 Å². The number of pyridine rings is 1. The number of carbonyl (C=O) groups is 1. The number of anilines is 1. The Bertz CT molecular complexity index is 577. The molecule has 0 saturated carbocycles. The van der Waals surface area contributed by atoms with Gasteiger partial charge in [0.05, 0.1) is 18.7 Å². The minimum Gasteiger partial charge on any atom is -0.378 e. The maximum absolute atomic E-state index is 10.8. The van der Waals surface area contributed by atoms with Crippen molar-refractivity contribution >= 4 is 23.0 Å². The van der Waals surface area contributed by atoms with Crippen LogP contribution in [-0.2, 0) is 4.74 Å². The second-order valence-electron chi connectivity index (χ2n) is 4.34. The van der Waals surface area contributed by atoms with E-state index in [2.05, 4.69) is 9.88 Å². The van der Waals surface area contributed by atoms with Crippen LogP contribution in [0, 0.1) is 0 Å². The molecule has 0 bridgehead atoms. The van der Waals surface area contributed by atoms with Crippen molar-refractivity contribution in [2.24, 2.45) is 0 Å². The fourth-order valence-electron chi connectivity index (χ4n) is 2.17. The average molecular weight is 242 g/mol. The third kappa shape index (κ3) is 2.07. The van der Waals surface area contributed by atoms with Crippen molar-refractivity contribution < 1.29 is 9.53 Å². The van der Waals surface area contributed by atoms with Crippen LogP contribution < -0.4 is 4.90 Å². The summed E-state index contributed by atoms with van der Waals surface area (Å²) >= 11 is 0. The molecule has 0 amide bonds. The van der Waals surface area contributed by atoms with Crippen LogP contribution in [0.5, 0.6) is 0 Å². The predicted octanol–water partition coefficient (Wildman–Crippen LogP) is 1.88. The minimum absolute atomic E-state index is 0.661. The van der Waals surface area contributed by atoms with Gasteiger partial charge in [-0.15, -0.1) is 0 Å². The van der Waals surface area contributed by atoms with Crippen molar-refractivity contribution in [1.29, 1.82) is 0 Å². The smallest absolute Gasteiger partial charge is 0.150 e. The Kier molecular flexibility index (Phi) is 2.94. The van der Waals surface area contributed by atoms with Crippen molar-refractivity contribution in [2.75, 3.05) is 31.2 Å². The molecule has 0 atom stereocenters. The number of aromatic nitrogens is 1. The van der Waals surface area contributed by atoms with Crippen LogP contribution in [0.4, 0.5) is 5.82 Å². The number of carbonyl (C=O) groups excluding carboxylic acids is 1. The molecule has 0 aliphatic carbocycles. The second kappa shape index (κ2) is 4.74. The van der Waals surface area contributed by atoms with Gasteiger partial charge in [0.2, 0.25) is 0 Å². The number of morpholine rings is 1. The summed E-state index contributed by atoms with van der Waals surface area (Å²) in [7, 11) is 0. The van der Waals surface area contributed by atoms with E-state index in [0.29, 0.717) is 5.56 Å². The van der Waals surface area contributed by atoms with Gasteiger partial charge < -0.3 is 9.64 Å². The zero-order valence-electron chi connectivity index (χ0n) is 10.0. The third-order valence-electron chi connectivity index (χ3n) is 3.17. The zero-order valence-corrected chi connectivity index (χ0v) is 10.0. The number of rotatable bonds is 2. The van der Waals surface area contributed by atoms with Crippen molar-refractivity contribution in [1.82, 2.24) is 4.98 Å². The molecule has 4 nitrogen and oxygen atoms in total. The number of nitrogens with zero attached hydrogens (tertiary/aromatic N) is 2. The summed E-state index contributed by atoms with van der Waals surface area (Å²) in [5.41, 5.74) is 1.53. The first kappa shape index (κ1) is 11.2. The molecule has 1 aliphatic rings. The van der Waals surface area contributed by atoms with Gasteiger partial charge in [-0.25, -0.2) is 4.98 Å². The van der Waals surface area contributed by atoms with E-state index >= 15 is 0 Å². The van der Waals surface area contributed by atoms with E-state index in [1.54, 1.807) is 0 Å². The van der Waals surface area contributed by atoms with E-state index in [9.17, 15) is 4.79 Å². The first-order valence-corrected chi connectivity index (χ1v) is 6.05. The van der Waals surface area contributed by atoms with Crippen molar-refractivity contribution in [2.45, 2.75) is 0 Å². The lowest BCUT2D eigenvalue weighted by Gasteiger charge is -2.27. The lowest BCUT2D eigenvalue weighted by atomic mass is 10.1. The van der Waals surface area contributed by atoms with E-state index in [1.165, 1.54) is 0 Å². The zero-order chi connectivity index (χ0) is 12.4. The van der Waals surface area contributed by atoms with Crippen LogP contribution in [-0.4, -0.2) is 37.6 Å². The lowest BCUT2D eigenvalue weighted by molar-refractivity contribution is 0.112. The number of hydrogen-bond acceptors (Lipinski definition) is 4. The monoisotopic (exact) mass is 242 g/mol. The van der Waals surface area contributed by atoms with Crippen molar-refractivity contribution in [3.05, 3.63) is 35.9 Å². The number of aldehydes is 1. The highest BCUT2D eigenvalue weighted by Crippen LogP contribution is 2.19. The fraction of sp³-hybridized carbons (Fsp3) is 0.286. The van der Waals surface area contributed by atoms with Crippen LogP contribution in [0.3, 0.4) is 0 Å². The molecule has 1 saturated heterocycles. The van der Waals surface area contributed by atoms with Gasteiger partial charge in [0.25, 0.3) is 0 Å². The summed E-state index contributed by atoms with van der Waals surface area (Å²) in [6.07, 6.45) is 0.850. The maximum Gasteiger partial charge on any atom is 0.150 e. The molecule has 4 heteroatoms. The van der Waals surface area contributed by atoms with Gasteiger partial charge >= 0.3 is 0 Å². The summed E-state index contributed by atoms with van der Waals surface area (Å²) in [5, 5.41) is 1.05. The molecule has 0 spiro atoms. The summed E-state index contributed by atoms with van der Waals surface area (Å²) in [6.45, 7) is 3.22. The fourth-order valence-corrected chi connectivity index (χ4v) is 2.17. The van der Waals surface area contributed by atoms with E-state index < -0.39 is 0 Å². The molecule has 1 aromatic heterocycles. The van der Waals surface area contributed by atoms with E-state index in [0.717, 1.165) is 49.3 Å². The van der Waals surface area contributed by atoms with Gasteiger partial charge in [0.15, 0.2) is 0 Å². The summed E-state index contributed by atoms with van der Waals surface area (Å²) in [5.74, 6) is 0.953. The Morgan fingerprint density at radius 1 is 1.17 bits per heavy atom. The Morgan fingerprint density at radius 2 is 1.94 bits per heavy atom. The van der Waals surface area contributed by atoms with Gasteiger partial charge in [0, 0.05) is 24.0 Å². The molecule has 2 heterocycles. The Labute approximate surface area is 105 Å². The molecule has 0 radical (unpaired) electrons. The lowest BCUT2D eigenvalue weighted by Crippen LogP contribution is -2.36. The quantitative estimate of drug-likeness (QED) is 0.754. The second-order valence-corrected chi connectivity index (χ2v) is 4.34. The molecule has 1 aliphatic heterocycles. The standard InChI is InChI=1S/C14H14N2O2/c17-10-11-1-2-12-3-4-14(15-13(12)9-11)16-5-7-18-8-6-16/h1-4,9-10H,5-8H2. The molecule has 2 aromatic rings. The highest BCUT2D eigenvalue weighted by atomic mass is 16.5. The van der Waals surface area contributed by atoms with Crippen molar-refractivity contribution in [3.63, 3.8) is 0 Å². The average Bonchev–Trinajstić information content (AvgIpc) is 2.47. The molecular weight excluding hydrogens is 228 g/mol. The number of fused-ring (bicyclic) bond motifs is 1. The Balaban J connectivity index is 2.00. The van der Waals surface area contributed by atoms with Gasteiger partial charge in [-0.3, -0.25) is 4.79 Å². The highest BCUT2D eigenvalue weighted by molar-refractivity contribution is 5.87. The first-order chi connectivity index (χ1) is 8.86. The van der Waals surface area contributed by atoms with E-state index in [4.69, 9.17) is 4.74 Å². The van der Waals surface area contributed by atoms with Gasteiger partial charge in [-0.2, -0.15) is 0 Å². The first-order valence-electron chi connectivity index (χ1n) is 6.05. The SMILES string of the molecule is O=Cc1ccc2ccc(N3CCOCC3)nc2c1. The van der Waals surface area contributed by atoms with Gasteiger partial charge in [-0.05, 0) is 18.2 Å². The molecule has 92 valence electrons. The van der Waals surface area contributed by atoms with Crippen molar-refractivity contribution in [3.8, 4) is 0 Å². The van der Waals surface area contributed by atoms with Crippen LogP contribution in [0.25, 0.3) is 10.9 Å². The topological polar surface area (TPSA) is 42.4 Å². The summed E-state index contributed by atoms with van der Waals surface area (Å²) < 4.78 is 5.33. The Hall–Kier alpha value is -1.94. The normalized spacial score (nSPS) is 15.9. The van der Waals surface area contributed by atoms with Crippen LogP contribution in [0.1, 0.15) is 10.4 Å². The maximum atomic E-state index is 10.8. The molecule has 3 rings (SSSR count). The minimum atomic E-state index is 0.661. The largest absolute Gasteiger partial charge is 0.378 e. The molecule has 18 heavy (non-hydrogen) atoms.